The van der Waals surface area contributed by atoms with Crippen molar-refractivity contribution in [1.82, 2.24) is 0 Å². The Labute approximate surface area is 139 Å². The zero-order chi connectivity index (χ0) is 16.4. The zero-order valence-electron chi connectivity index (χ0n) is 12.6. The average molecular weight is 330 g/mol. The maximum atomic E-state index is 12.2. The summed E-state index contributed by atoms with van der Waals surface area (Å²) in [5.74, 6) is 0.439. The van der Waals surface area contributed by atoms with Gasteiger partial charge in [0, 0.05) is 5.69 Å². The molecule has 118 valence electrons. The molecule has 2 unspecified atom stereocenters. The van der Waals surface area contributed by atoms with Gasteiger partial charge in [0.1, 0.15) is 5.75 Å². The number of benzene rings is 2. The molecule has 23 heavy (non-hydrogen) atoms. The van der Waals surface area contributed by atoms with Gasteiger partial charge in [0.05, 0.1) is 16.5 Å². The number of ether oxygens (including phenoxy) is 1. The second-order valence-electron chi connectivity index (χ2n) is 5.70. The van der Waals surface area contributed by atoms with Crippen molar-refractivity contribution in [3.05, 3.63) is 59.1 Å². The van der Waals surface area contributed by atoms with Crippen LogP contribution in [-0.2, 0) is 4.79 Å². The number of nitrogens with one attached hydrogen (secondary N) is 1. The third-order valence-corrected chi connectivity index (χ3v) is 4.19. The van der Waals surface area contributed by atoms with Crippen molar-refractivity contribution in [3.8, 4) is 5.75 Å². The molecule has 1 fully saturated rings. The molecular weight excluding hydrogens is 314 g/mol. The van der Waals surface area contributed by atoms with Gasteiger partial charge < -0.3 is 10.1 Å². The molecule has 0 aromatic heterocycles. The quantitative estimate of drug-likeness (QED) is 0.677. The highest BCUT2D eigenvalue weighted by Crippen LogP contribution is 2.38. The first kappa shape index (κ1) is 15.6. The molecule has 1 amide bonds. The molecule has 1 aliphatic carbocycles. The van der Waals surface area contributed by atoms with Crippen LogP contribution in [0.1, 0.15) is 23.7 Å². The minimum absolute atomic E-state index is 0.0228. The van der Waals surface area contributed by atoms with Crippen molar-refractivity contribution in [2.75, 3.05) is 5.32 Å². The third kappa shape index (κ3) is 3.71. The SMILES string of the molecule is CC1CC1C(=O)Oc1ccc(NC(=O)c2ccccc2Cl)cc1. The van der Waals surface area contributed by atoms with E-state index in [-0.39, 0.29) is 17.8 Å². The first-order valence-corrected chi connectivity index (χ1v) is 7.80. The van der Waals surface area contributed by atoms with Crippen LogP contribution in [-0.4, -0.2) is 11.9 Å². The summed E-state index contributed by atoms with van der Waals surface area (Å²) in [4.78, 5) is 23.9. The van der Waals surface area contributed by atoms with Crippen molar-refractivity contribution in [2.45, 2.75) is 13.3 Å². The molecule has 0 spiro atoms. The van der Waals surface area contributed by atoms with Crippen LogP contribution in [0.5, 0.6) is 5.75 Å². The second kappa shape index (κ2) is 6.42. The molecular formula is C18H16ClNO3. The molecule has 1 saturated carbocycles. The maximum absolute atomic E-state index is 12.2. The highest BCUT2D eigenvalue weighted by Gasteiger charge is 2.40. The summed E-state index contributed by atoms with van der Waals surface area (Å²) < 4.78 is 5.30. The Balaban J connectivity index is 1.62. The van der Waals surface area contributed by atoms with Crippen LogP contribution in [0, 0.1) is 11.8 Å². The molecule has 0 heterocycles. The molecule has 0 saturated heterocycles. The van der Waals surface area contributed by atoms with Crippen molar-refractivity contribution in [3.63, 3.8) is 0 Å². The van der Waals surface area contributed by atoms with Crippen molar-refractivity contribution < 1.29 is 14.3 Å². The lowest BCUT2D eigenvalue weighted by Crippen LogP contribution is -2.13. The predicted octanol–water partition coefficient (Wildman–Crippen LogP) is 4.15. The number of esters is 1. The first-order valence-electron chi connectivity index (χ1n) is 7.42. The minimum Gasteiger partial charge on any atom is -0.426 e. The molecule has 0 aliphatic heterocycles. The summed E-state index contributed by atoms with van der Waals surface area (Å²) >= 11 is 6.00. The van der Waals surface area contributed by atoms with Crippen LogP contribution in [0.2, 0.25) is 5.02 Å². The van der Waals surface area contributed by atoms with E-state index in [1.807, 2.05) is 6.92 Å². The Bertz CT molecular complexity index is 742. The molecule has 4 nitrogen and oxygen atoms in total. The lowest BCUT2D eigenvalue weighted by Gasteiger charge is -2.08. The van der Waals surface area contributed by atoms with Crippen LogP contribution in [0.4, 0.5) is 5.69 Å². The Morgan fingerprint density at radius 1 is 1.13 bits per heavy atom. The minimum atomic E-state index is -0.285. The lowest BCUT2D eigenvalue weighted by molar-refractivity contribution is -0.136. The van der Waals surface area contributed by atoms with Gasteiger partial charge in [-0.05, 0) is 48.7 Å². The number of rotatable bonds is 4. The van der Waals surface area contributed by atoms with Gasteiger partial charge in [-0.25, -0.2) is 0 Å². The van der Waals surface area contributed by atoms with Gasteiger partial charge in [0.2, 0.25) is 0 Å². The Morgan fingerprint density at radius 3 is 2.39 bits per heavy atom. The fourth-order valence-corrected chi connectivity index (χ4v) is 2.51. The predicted molar refractivity (Wildman–Crippen MR) is 88.8 cm³/mol. The second-order valence-corrected chi connectivity index (χ2v) is 6.11. The Kier molecular flexibility index (Phi) is 4.35. The van der Waals surface area contributed by atoms with E-state index >= 15 is 0 Å². The van der Waals surface area contributed by atoms with Gasteiger partial charge in [-0.15, -0.1) is 0 Å². The molecule has 5 heteroatoms. The molecule has 3 rings (SSSR count). The monoisotopic (exact) mass is 329 g/mol. The van der Waals surface area contributed by atoms with E-state index in [1.54, 1.807) is 48.5 Å². The summed E-state index contributed by atoms with van der Waals surface area (Å²) in [6.07, 6.45) is 0.894. The summed E-state index contributed by atoms with van der Waals surface area (Å²) in [5.41, 5.74) is 1.02. The third-order valence-electron chi connectivity index (χ3n) is 3.86. The number of anilines is 1. The molecule has 2 aromatic carbocycles. The lowest BCUT2D eigenvalue weighted by atomic mass is 10.2. The standard InChI is InChI=1S/C18H16ClNO3/c1-11-10-15(11)18(22)23-13-8-6-12(7-9-13)20-17(21)14-4-2-3-5-16(14)19/h2-9,11,15H,10H2,1H3,(H,20,21). The average Bonchev–Trinajstić information content (AvgIpc) is 3.27. The molecule has 0 bridgehead atoms. The molecule has 2 atom stereocenters. The van der Waals surface area contributed by atoms with Crippen molar-refractivity contribution in [1.29, 1.82) is 0 Å². The highest BCUT2D eigenvalue weighted by atomic mass is 35.5. The number of hydrogen-bond donors (Lipinski definition) is 1. The fourth-order valence-electron chi connectivity index (χ4n) is 2.29. The van der Waals surface area contributed by atoms with Gasteiger partial charge in [0.25, 0.3) is 5.91 Å². The largest absolute Gasteiger partial charge is 0.426 e. The smallest absolute Gasteiger partial charge is 0.314 e. The molecule has 2 aromatic rings. The number of hydrogen-bond acceptors (Lipinski definition) is 3. The fraction of sp³-hybridized carbons (Fsp3) is 0.222. The zero-order valence-corrected chi connectivity index (χ0v) is 13.3. The highest BCUT2D eigenvalue weighted by molar-refractivity contribution is 6.34. The molecule has 1 N–H and O–H groups in total. The summed E-state index contributed by atoms with van der Waals surface area (Å²) in [6.45, 7) is 2.03. The van der Waals surface area contributed by atoms with Crippen LogP contribution in [0.25, 0.3) is 0 Å². The van der Waals surface area contributed by atoms with Crippen molar-refractivity contribution in [2.24, 2.45) is 11.8 Å². The Morgan fingerprint density at radius 2 is 1.78 bits per heavy atom. The van der Waals surface area contributed by atoms with E-state index in [9.17, 15) is 9.59 Å². The summed E-state index contributed by atoms with van der Waals surface area (Å²) in [5, 5.41) is 3.16. The van der Waals surface area contributed by atoms with E-state index in [2.05, 4.69) is 5.32 Å². The van der Waals surface area contributed by atoms with Crippen LogP contribution < -0.4 is 10.1 Å². The topological polar surface area (TPSA) is 55.4 Å². The van der Waals surface area contributed by atoms with Crippen LogP contribution in [0.15, 0.2) is 48.5 Å². The summed E-state index contributed by atoms with van der Waals surface area (Å²) in [6, 6.07) is 13.5. The van der Waals surface area contributed by atoms with Crippen molar-refractivity contribution >= 4 is 29.2 Å². The molecule has 0 radical (unpaired) electrons. The number of carbonyl (C=O) groups is 2. The normalized spacial score (nSPS) is 19.0. The number of amides is 1. The first-order chi connectivity index (χ1) is 11.0. The van der Waals surface area contributed by atoms with Gasteiger partial charge in [-0.3, -0.25) is 9.59 Å². The van der Waals surface area contributed by atoms with E-state index in [4.69, 9.17) is 16.3 Å². The number of halogens is 1. The van der Waals surface area contributed by atoms with Gasteiger partial charge in [-0.1, -0.05) is 30.7 Å². The number of carbonyl (C=O) groups excluding carboxylic acids is 2. The van der Waals surface area contributed by atoms with Crippen LogP contribution in [0.3, 0.4) is 0 Å². The molecule has 1 aliphatic rings. The van der Waals surface area contributed by atoms with Crippen LogP contribution >= 0.6 is 11.6 Å². The van der Waals surface area contributed by atoms with Gasteiger partial charge in [-0.2, -0.15) is 0 Å². The van der Waals surface area contributed by atoms with Gasteiger partial charge >= 0.3 is 5.97 Å². The van der Waals surface area contributed by atoms with Gasteiger partial charge in [0.15, 0.2) is 0 Å². The van der Waals surface area contributed by atoms with E-state index < -0.39 is 0 Å². The summed E-state index contributed by atoms with van der Waals surface area (Å²) in [7, 11) is 0. The Hall–Kier alpha value is -2.33. The maximum Gasteiger partial charge on any atom is 0.314 e. The van der Waals surface area contributed by atoms with E-state index in [0.717, 1.165) is 6.42 Å². The van der Waals surface area contributed by atoms with E-state index in [1.165, 1.54) is 0 Å². The van der Waals surface area contributed by atoms with E-state index in [0.29, 0.717) is 27.9 Å².